The molecule has 2 unspecified atom stereocenters. The summed E-state index contributed by atoms with van der Waals surface area (Å²) in [4.78, 5) is 23.8. The van der Waals surface area contributed by atoms with Crippen molar-refractivity contribution in [2.45, 2.75) is 32.0 Å². The molecule has 1 aromatic heterocycles. The number of hydrogen-bond acceptors (Lipinski definition) is 7. The van der Waals surface area contributed by atoms with Gasteiger partial charge in [0.15, 0.2) is 5.82 Å². The first kappa shape index (κ1) is 24.7. The van der Waals surface area contributed by atoms with Crippen LogP contribution in [0.5, 0.6) is 0 Å². The van der Waals surface area contributed by atoms with Crippen LogP contribution < -0.4 is 5.32 Å². The molecule has 0 aliphatic carbocycles. The second kappa shape index (κ2) is 11.4. The van der Waals surface area contributed by atoms with Gasteiger partial charge in [0.05, 0.1) is 19.6 Å². The number of methoxy groups -OCH3 is 1. The number of aliphatic carboxylic acids is 1. The van der Waals surface area contributed by atoms with Crippen LogP contribution in [0.3, 0.4) is 0 Å². The van der Waals surface area contributed by atoms with Crippen molar-refractivity contribution < 1.29 is 19.4 Å². The maximum atomic E-state index is 12.0. The summed E-state index contributed by atoms with van der Waals surface area (Å²) < 4.78 is 6.16. The van der Waals surface area contributed by atoms with Gasteiger partial charge in [0.2, 0.25) is 0 Å². The molecule has 9 nitrogen and oxygen atoms in total. The van der Waals surface area contributed by atoms with E-state index in [1.54, 1.807) is 0 Å². The van der Waals surface area contributed by atoms with E-state index in [2.05, 4.69) is 20.8 Å². The average molecular weight is 486 g/mol. The number of carboxylic acids is 1. The molecule has 0 bridgehead atoms. The SMILES string of the molecule is COC(=O)Cn1nnnc1C(NC(CC(=O)O)c1cccc(C)c1)c1ccc(-c2ccccc2)cc1. The summed E-state index contributed by atoms with van der Waals surface area (Å²) in [5.41, 5.74) is 4.78. The third-order valence-electron chi connectivity index (χ3n) is 5.87. The third-order valence-corrected chi connectivity index (χ3v) is 5.87. The molecule has 0 spiro atoms. The van der Waals surface area contributed by atoms with Gasteiger partial charge in [-0.15, -0.1) is 5.10 Å². The zero-order chi connectivity index (χ0) is 25.5. The molecule has 0 aliphatic heterocycles. The van der Waals surface area contributed by atoms with Gasteiger partial charge in [0, 0.05) is 6.04 Å². The fourth-order valence-corrected chi connectivity index (χ4v) is 4.07. The lowest BCUT2D eigenvalue weighted by Crippen LogP contribution is -2.32. The fourth-order valence-electron chi connectivity index (χ4n) is 4.07. The number of esters is 1. The van der Waals surface area contributed by atoms with Crippen molar-refractivity contribution in [3.63, 3.8) is 0 Å². The van der Waals surface area contributed by atoms with E-state index in [4.69, 9.17) is 4.74 Å². The van der Waals surface area contributed by atoms with E-state index in [0.29, 0.717) is 5.82 Å². The number of nitrogens with zero attached hydrogens (tertiary/aromatic N) is 4. The molecular formula is C27H27N5O4. The fraction of sp³-hybridized carbons (Fsp3) is 0.222. The molecule has 3 aromatic carbocycles. The molecule has 4 rings (SSSR count). The van der Waals surface area contributed by atoms with Gasteiger partial charge in [-0.1, -0.05) is 84.4 Å². The molecule has 0 saturated carbocycles. The molecule has 184 valence electrons. The lowest BCUT2D eigenvalue weighted by atomic mass is 9.97. The standard InChI is InChI=1S/C27H27N5O4/c1-18-7-6-10-22(15-18)23(16-24(33)34)28-26(27-29-30-31-32(27)17-25(35)36-2)21-13-11-20(12-14-21)19-8-4-3-5-9-19/h3-15,23,26,28H,16-17H2,1-2H3,(H,33,34). The van der Waals surface area contributed by atoms with Gasteiger partial charge >= 0.3 is 11.9 Å². The Bertz CT molecular complexity index is 1320. The highest BCUT2D eigenvalue weighted by Crippen LogP contribution is 2.29. The number of carboxylic acid groups (broad SMARTS) is 1. The van der Waals surface area contributed by atoms with E-state index in [9.17, 15) is 14.7 Å². The van der Waals surface area contributed by atoms with E-state index >= 15 is 0 Å². The molecule has 0 aliphatic rings. The Morgan fingerprint density at radius 3 is 2.36 bits per heavy atom. The Kier molecular flexibility index (Phi) is 7.82. The van der Waals surface area contributed by atoms with E-state index in [1.807, 2.05) is 85.8 Å². The van der Waals surface area contributed by atoms with Gasteiger partial charge in [-0.3, -0.25) is 14.9 Å². The smallest absolute Gasteiger partial charge is 0.327 e. The van der Waals surface area contributed by atoms with Crippen molar-refractivity contribution in [1.82, 2.24) is 25.5 Å². The minimum atomic E-state index is -0.943. The summed E-state index contributed by atoms with van der Waals surface area (Å²) >= 11 is 0. The van der Waals surface area contributed by atoms with Crippen LogP contribution in [0.2, 0.25) is 0 Å². The normalized spacial score (nSPS) is 12.6. The third kappa shape index (κ3) is 6.00. The zero-order valence-electron chi connectivity index (χ0n) is 20.0. The number of hydrogen-bond donors (Lipinski definition) is 2. The summed E-state index contributed by atoms with van der Waals surface area (Å²) in [7, 11) is 1.30. The summed E-state index contributed by atoms with van der Waals surface area (Å²) in [5, 5.41) is 25.0. The molecule has 0 saturated heterocycles. The summed E-state index contributed by atoms with van der Waals surface area (Å²) in [6.45, 7) is 1.78. The Hall–Kier alpha value is -4.37. The number of rotatable bonds is 10. The first-order valence-electron chi connectivity index (χ1n) is 11.5. The van der Waals surface area contributed by atoms with Crippen LogP contribution in [0.25, 0.3) is 11.1 Å². The Balaban J connectivity index is 1.74. The van der Waals surface area contributed by atoms with Crippen LogP contribution in [0.1, 0.15) is 41.0 Å². The van der Waals surface area contributed by atoms with Gasteiger partial charge in [0.1, 0.15) is 6.54 Å². The lowest BCUT2D eigenvalue weighted by Gasteiger charge is -2.25. The Morgan fingerprint density at radius 2 is 1.69 bits per heavy atom. The van der Waals surface area contributed by atoms with Gasteiger partial charge < -0.3 is 9.84 Å². The molecule has 9 heteroatoms. The van der Waals surface area contributed by atoms with E-state index in [1.165, 1.54) is 11.8 Å². The minimum Gasteiger partial charge on any atom is -0.481 e. The molecule has 2 atom stereocenters. The van der Waals surface area contributed by atoms with Crippen LogP contribution in [0.4, 0.5) is 0 Å². The molecule has 4 aromatic rings. The molecule has 36 heavy (non-hydrogen) atoms. The van der Waals surface area contributed by atoms with E-state index < -0.39 is 24.0 Å². The van der Waals surface area contributed by atoms with Gasteiger partial charge in [-0.25, -0.2) is 4.68 Å². The monoisotopic (exact) mass is 485 g/mol. The highest BCUT2D eigenvalue weighted by atomic mass is 16.5. The molecule has 0 radical (unpaired) electrons. The topological polar surface area (TPSA) is 119 Å². The van der Waals surface area contributed by atoms with Crippen LogP contribution in [0.15, 0.2) is 78.9 Å². The van der Waals surface area contributed by atoms with Gasteiger partial charge in [-0.2, -0.15) is 0 Å². The second-order valence-corrected chi connectivity index (χ2v) is 8.42. The number of carbonyl (C=O) groups excluding carboxylic acids is 1. The lowest BCUT2D eigenvalue weighted by molar-refractivity contribution is -0.141. The number of nitrogens with one attached hydrogen (secondary N) is 1. The first-order chi connectivity index (χ1) is 17.4. The maximum Gasteiger partial charge on any atom is 0.327 e. The molecule has 2 N–H and O–H groups in total. The van der Waals surface area contributed by atoms with Crippen LogP contribution >= 0.6 is 0 Å². The predicted octanol–water partition coefficient (Wildman–Crippen LogP) is 3.72. The predicted molar refractivity (Wildman–Crippen MR) is 133 cm³/mol. The molecule has 1 heterocycles. The molecule has 0 fully saturated rings. The largest absolute Gasteiger partial charge is 0.481 e. The average Bonchev–Trinajstić information content (AvgIpc) is 3.34. The molecule has 0 amide bonds. The number of ether oxygens (including phenoxy) is 1. The van der Waals surface area contributed by atoms with Crippen molar-refractivity contribution in [1.29, 1.82) is 0 Å². The highest BCUT2D eigenvalue weighted by molar-refractivity contribution is 5.69. The quantitative estimate of drug-likeness (QED) is 0.326. The zero-order valence-corrected chi connectivity index (χ0v) is 20.0. The van der Waals surface area contributed by atoms with E-state index in [0.717, 1.165) is 27.8 Å². The van der Waals surface area contributed by atoms with Crippen molar-refractivity contribution in [3.05, 3.63) is 101 Å². The van der Waals surface area contributed by atoms with Crippen molar-refractivity contribution in [2.24, 2.45) is 0 Å². The van der Waals surface area contributed by atoms with Gasteiger partial charge in [-0.05, 0) is 39.6 Å². The number of aryl methyl sites for hydroxylation is 1. The summed E-state index contributed by atoms with van der Waals surface area (Å²) in [5.74, 6) is -1.07. The van der Waals surface area contributed by atoms with E-state index in [-0.39, 0.29) is 13.0 Å². The van der Waals surface area contributed by atoms with Crippen molar-refractivity contribution >= 4 is 11.9 Å². The van der Waals surface area contributed by atoms with Crippen molar-refractivity contribution in [2.75, 3.05) is 7.11 Å². The minimum absolute atomic E-state index is 0.152. The van der Waals surface area contributed by atoms with Gasteiger partial charge in [0.25, 0.3) is 0 Å². The van der Waals surface area contributed by atoms with Crippen LogP contribution in [-0.4, -0.2) is 44.4 Å². The second-order valence-electron chi connectivity index (χ2n) is 8.42. The summed E-state index contributed by atoms with van der Waals surface area (Å²) in [6.07, 6.45) is -0.152. The van der Waals surface area contributed by atoms with Crippen LogP contribution in [0, 0.1) is 6.92 Å². The number of carbonyl (C=O) groups is 2. The highest BCUT2D eigenvalue weighted by Gasteiger charge is 2.27. The maximum absolute atomic E-state index is 12.0. The summed E-state index contributed by atoms with van der Waals surface area (Å²) in [6, 6.07) is 24.4. The number of benzene rings is 3. The Labute approximate surface area is 208 Å². The van der Waals surface area contributed by atoms with Crippen LogP contribution in [-0.2, 0) is 20.9 Å². The number of aromatic nitrogens is 4. The van der Waals surface area contributed by atoms with Crippen molar-refractivity contribution in [3.8, 4) is 11.1 Å². The number of tetrazole rings is 1. The molecular weight excluding hydrogens is 458 g/mol. The Morgan fingerprint density at radius 1 is 0.972 bits per heavy atom. The first-order valence-corrected chi connectivity index (χ1v) is 11.5.